The van der Waals surface area contributed by atoms with Crippen LogP contribution in [0, 0.1) is 12.7 Å². The molecule has 1 aromatic carbocycles. The maximum absolute atomic E-state index is 15.2. The van der Waals surface area contributed by atoms with Crippen molar-refractivity contribution in [3.8, 4) is 11.4 Å². The van der Waals surface area contributed by atoms with Crippen LogP contribution < -0.4 is 15.4 Å². The van der Waals surface area contributed by atoms with E-state index in [2.05, 4.69) is 25.7 Å². The molecule has 0 spiro atoms. The topological polar surface area (TPSA) is 76.9 Å². The van der Waals surface area contributed by atoms with Crippen molar-refractivity contribution in [2.24, 2.45) is 0 Å². The van der Waals surface area contributed by atoms with Crippen LogP contribution in [-0.4, -0.2) is 33.9 Å². The molecule has 0 aliphatic rings. The second kappa shape index (κ2) is 7.38. The van der Waals surface area contributed by atoms with Crippen LogP contribution in [0.1, 0.15) is 18.2 Å². The van der Waals surface area contributed by atoms with E-state index >= 15 is 4.39 Å². The molecule has 0 radical (unpaired) electrons. The van der Waals surface area contributed by atoms with E-state index < -0.39 is 5.82 Å². The first kappa shape index (κ1) is 17.7. The monoisotopic (exact) mass is 356 g/mol. The minimum Gasteiger partial charge on any atom is -0.494 e. The van der Waals surface area contributed by atoms with Crippen LogP contribution in [0.2, 0.25) is 0 Å². The van der Waals surface area contributed by atoms with Gasteiger partial charge < -0.3 is 15.4 Å². The van der Waals surface area contributed by atoms with Crippen LogP contribution in [0.25, 0.3) is 5.69 Å². The molecule has 0 aliphatic heterocycles. The third-order valence-corrected chi connectivity index (χ3v) is 3.93. The highest BCUT2D eigenvalue weighted by Crippen LogP contribution is 2.32. The number of hydrogen-bond acceptors (Lipinski definition) is 6. The Balaban J connectivity index is 2.04. The third-order valence-electron chi connectivity index (χ3n) is 3.93. The summed E-state index contributed by atoms with van der Waals surface area (Å²) in [6, 6.07) is 5.08. The number of benzene rings is 1. The summed E-state index contributed by atoms with van der Waals surface area (Å²) in [5, 5.41) is 10.1. The summed E-state index contributed by atoms with van der Waals surface area (Å²) in [6.45, 7) is 3.86. The molecule has 0 atom stereocenters. The normalized spacial score (nSPS) is 10.7. The fourth-order valence-electron chi connectivity index (χ4n) is 2.56. The van der Waals surface area contributed by atoms with Gasteiger partial charge in [-0.2, -0.15) is 10.1 Å². The van der Waals surface area contributed by atoms with Crippen molar-refractivity contribution in [2.45, 2.75) is 20.3 Å². The molecule has 0 amide bonds. The first-order valence-corrected chi connectivity index (χ1v) is 8.26. The first-order valence-electron chi connectivity index (χ1n) is 8.26. The number of halogens is 1. The second-order valence-electron chi connectivity index (χ2n) is 5.72. The SMILES string of the molecule is CCc1cnn(-c2c(OC)ccc(Nc3nc(C)cc(NC)n3)c2F)c1. The first-order chi connectivity index (χ1) is 12.5. The quantitative estimate of drug-likeness (QED) is 0.704. The van der Waals surface area contributed by atoms with Crippen molar-refractivity contribution >= 4 is 17.5 Å². The molecule has 2 N–H and O–H groups in total. The molecule has 136 valence electrons. The number of anilines is 3. The molecule has 0 aliphatic carbocycles. The number of hydrogen-bond donors (Lipinski definition) is 2. The maximum Gasteiger partial charge on any atom is 0.229 e. The summed E-state index contributed by atoms with van der Waals surface area (Å²) in [7, 11) is 3.26. The Bertz CT molecular complexity index is 924. The maximum atomic E-state index is 15.2. The van der Waals surface area contributed by atoms with Gasteiger partial charge in [0.25, 0.3) is 0 Å². The zero-order valence-corrected chi connectivity index (χ0v) is 15.2. The highest BCUT2D eigenvalue weighted by Gasteiger charge is 2.18. The van der Waals surface area contributed by atoms with Gasteiger partial charge in [-0.25, -0.2) is 14.1 Å². The number of rotatable bonds is 6. The fourth-order valence-corrected chi connectivity index (χ4v) is 2.56. The van der Waals surface area contributed by atoms with E-state index in [9.17, 15) is 0 Å². The van der Waals surface area contributed by atoms with E-state index in [0.29, 0.717) is 17.5 Å². The van der Waals surface area contributed by atoms with Crippen molar-refractivity contribution in [1.29, 1.82) is 0 Å². The highest BCUT2D eigenvalue weighted by atomic mass is 19.1. The molecule has 8 heteroatoms. The molecule has 0 saturated carbocycles. The van der Waals surface area contributed by atoms with Crippen molar-refractivity contribution in [1.82, 2.24) is 19.7 Å². The molecule has 0 saturated heterocycles. The lowest BCUT2D eigenvalue weighted by Crippen LogP contribution is -2.07. The summed E-state index contributed by atoms with van der Waals surface area (Å²) < 4.78 is 22.0. The Morgan fingerprint density at radius 2 is 2.08 bits per heavy atom. The number of nitrogens with zero attached hydrogens (tertiary/aromatic N) is 4. The number of aryl methyl sites for hydroxylation is 2. The zero-order chi connectivity index (χ0) is 18.7. The fraction of sp³-hybridized carbons (Fsp3) is 0.278. The van der Waals surface area contributed by atoms with Crippen LogP contribution in [0.3, 0.4) is 0 Å². The number of ether oxygens (including phenoxy) is 1. The molecule has 0 bridgehead atoms. The number of aromatic nitrogens is 4. The van der Waals surface area contributed by atoms with Gasteiger partial charge in [-0.1, -0.05) is 6.92 Å². The highest BCUT2D eigenvalue weighted by molar-refractivity contribution is 5.64. The molecule has 3 aromatic rings. The van der Waals surface area contributed by atoms with E-state index in [0.717, 1.165) is 17.7 Å². The smallest absolute Gasteiger partial charge is 0.229 e. The van der Waals surface area contributed by atoms with E-state index in [4.69, 9.17) is 4.74 Å². The molecular formula is C18H21FN6O. The van der Waals surface area contributed by atoms with Crippen LogP contribution in [0.4, 0.5) is 21.8 Å². The standard InChI is InChI=1S/C18H21FN6O/c1-5-12-9-21-25(10-12)17-14(26-4)7-6-13(16(17)19)23-18-22-11(2)8-15(20-3)24-18/h6-10H,5H2,1-4H3,(H2,20,22,23,24). The zero-order valence-electron chi connectivity index (χ0n) is 15.2. The van der Waals surface area contributed by atoms with Gasteiger partial charge in [0.05, 0.1) is 19.0 Å². The van der Waals surface area contributed by atoms with Crippen LogP contribution >= 0.6 is 0 Å². The molecule has 2 aromatic heterocycles. The predicted octanol–water partition coefficient (Wildman–Crippen LogP) is 3.47. The Labute approximate surface area is 151 Å². The second-order valence-corrected chi connectivity index (χ2v) is 5.72. The van der Waals surface area contributed by atoms with E-state index in [1.807, 2.05) is 13.8 Å². The average Bonchev–Trinajstić information content (AvgIpc) is 3.11. The minimum atomic E-state index is -0.494. The van der Waals surface area contributed by atoms with Gasteiger partial charge in [0.2, 0.25) is 5.95 Å². The molecule has 2 heterocycles. The lowest BCUT2D eigenvalue weighted by atomic mass is 10.2. The lowest BCUT2D eigenvalue weighted by molar-refractivity contribution is 0.407. The van der Waals surface area contributed by atoms with Crippen molar-refractivity contribution in [3.63, 3.8) is 0 Å². The third kappa shape index (κ3) is 3.44. The Morgan fingerprint density at radius 1 is 1.27 bits per heavy atom. The molecule has 7 nitrogen and oxygen atoms in total. The van der Waals surface area contributed by atoms with Crippen molar-refractivity contribution < 1.29 is 9.13 Å². The number of methoxy groups -OCH3 is 1. The van der Waals surface area contributed by atoms with Gasteiger partial charge in [-0.15, -0.1) is 0 Å². The van der Waals surface area contributed by atoms with Gasteiger partial charge in [-0.05, 0) is 31.0 Å². The van der Waals surface area contributed by atoms with Gasteiger partial charge in [0.15, 0.2) is 5.82 Å². The van der Waals surface area contributed by atoms with Gasteiger partial charge in [0.1, 0.15) is 17.3 Å². The molecule has 0 unspecified atom stereocenters. The van der Waals surface area contributed by atoms with Crippen molar-refractivity contribution in [3.05, 3.63) is 47.7 Å². The molecular weight excluding hydrogens is 335 g/mol. The largest absolute Gasteiger partial charge is 0.494 e. The van der Waals surface area contributed by atoms with Gasteiger partial charge in [-0.3, -0.25) is 0 Å². The average molecular weight is 356 g/mol. The summed E-state index contributed by atoms with van der Waals surface area (Å²) in [5.74, 6) is 0.846. The Hall–Kier alpha value is -3.16. The minimum absolute atomic E-state index is 0.235. The summed E-state index contributed by atoms with van der Waals surface area (Å²) in [4.78, 5) is 8.60. The Morgan fingerprint density at radius 3 is 2.73 bits per heavy atom. The van der Waals surface area contributed by atoms with E-state index in [-0.39, 0.29) is 11.4 Å². The molecule has 3 rings (SSSR count). The molecule has 26 heavy (non-hydrogen) atoms. The van der Waals surface area contributed by atoms with E-state index in [1.165, 1.54) is 11.8 Å². The van der Waals surface area contributed by atoms with E-state index in [1.54, 1.807) is 37.6 Å². The summed E-state index contributed by atoms with van der Waals surface area (Å²) in [5.41, 5.74) is 2.24. The predicted molar refractivity (Wildman–Crippen MR) is 99.1 cm³/mol. The van der Waals surface area contributed by atoms with Crippen LogP contribution in [-0.2, 0) is 6.42 Å². The summed E-state index contributed by atoms with van der Waals surface area (Å²) in [6.07, 6.45) is 4.31. The van der Waals surface area contributed by atoms with Crippen LogP contribution in [0.5, 0.6) is 5.75 Å². The van der Waals surface area contributed by atoms with Gasteiger partial charge >= 0.3 is 0 Å². The summed E-state index contributed by atoms with van der Waals surface area (Å²) >= 11 is 0. The number of nitrogens with one attached hydrogen (secondary N) is 2. The Kier molecular flexibility index (Phi) is 5.01. The van der Waals surface area contributed by atoms with Crippen LogP contribution in [0.15, 0.2) is 30.6 Å². The van der Waals surface area contributed by atoms with Crippen molar-refractivity contribution in [2.75, 3.05) is 24.8 Å². The lowest BCUT2D eigenvalue weighted by Gasteiger charge is -2.14. The van der Waals surface area contributed by atoms with Gasteiger partial charge in [0, 0.05) is 25.0 Å². The molecule has 0 fully saturated rings.